The second-order valence-electron chi connectivity index (χ2n) is 3.86. The fraction of sp³-hybridized carbons (Fsp3) is 0.154. The van der Waals surface area contributed by atoms with Crippen LogP contribution in [-0.2, 0) is 0 Å². The van der Waals surface area contributed by atoms with Crippen LogP contribution in [0.2, 0.25) is 5.02 Å². The highest BCUT2D eigenvalue weighted by Crippen LogP contribution is 2.34. The summed E-state index contributed by atoms with van der Waals surface area (Å²) >= 11 is 12.6. The third-order valence-electron chi connectivity index (χ3n) is 2.73. The Labute approximate surface area is 132 Å². The van der Waals surface area contributed by atoms with Crippen LogP contribution in [0.1, 0.15) is 17.3 Å². The SMILES string of the molecule is CNC(c1ccc(Br)c(Cl)c1F)c1ncccc1Br. The van der Waals surface area contributed by atoms with Crippen LogP contribution in [0.25, 0.3) is 0 Å². The number of nitrogens with zero attached hydrogens (tertiary/aromatic N) is 1. The largest absolute Gasteiger partial charge is 0.308 e. The summed E-state index contributed by atoms with van der Waals surface area (Å²) < 4.78 is 15.6. The third-order valence-corrected chi connectivity index (χ3v) is 4.65. The van der Waals surface area contributed by atoms with E-state index in [9.17, 15) is 4.39 Å². The molecule has 0 aliphatic heterocycles. The predicted octanol–water partition coefficient (Wildman–Crippen LogP) is 4.71. The zero-order valence-corrected chi connectivity index (χ0v) is 13.9. The van der Waals surface area contributed by atoms with Gasteiger partial charge in [0, 0.05) is 20.7 Å². The molecule has 0 spiro atoms. The van der Waals surface area contributed by atoms with Crippen molar-refractivity contribution in [3.63, 3.8) is 0 Å². The second kappa shape index (κ2) is 6.31. The van der Waals surface area contributed by atoms with Gasteiger partial charge < -0.3 is 5.32 Å². The molecule has 1 heterocycles. The lowest BCUT2D eigenvalue weighted by molar-refractivity contribution is 0.569. The number of aromatic nitrogens is 1. The molecule has 0 fully saturated rings. The van der Waals surface area contributed by atoms with Gasteiger partial charge in [0.25, 0.3) is 0 Å². The Morgan fingerprint density at radius 2 is 2.00 bits per heavy atom. The van der Waals surface area contributed by atoms with Gasteiger partial charge in [0.1, 0.15) is 5.82 Å². The number of hydrogen-bond donors (Lipinski definition) is 1. The quantitative estimate of drug-likeness (QED) is 0.744. The summed E-state index contributed by atoms with van der Waals surface area (Å²) in [4.78, 5) is 4.29. The van der Waals surface area contributed by atoms with Crippen molar-refractivity contribution in [2.45, 2.75) is 6.04 Å². The van der Waals surface area contributed by atoms with E-state index in [1.165, 1.54) is 0 Å². The molecule has 2 aromatic rings. The van der Waals surface area contributed by atoms with Gasteiger partial charge in [-0.05, 0) is 57.1 Å². The van der Waals surface area contributed by atoms with E-state index in [0.29, 0.717) is 15.7 Å². The van der Waals surface area contributed by atoms with Crippen LogP contribution in [0.4, 0.5) is 4.39 Å². The molecule has 100 valence electrons. The highest BCUT2D eigenvalue weighted by molar-refractivity contribution is 9.10. The lowest BCUT2D eigenvalue weighted by Crippen LogP contribution is -2.20. The second-order valence-corrected chi connectivity index (χ2v) is 5.94. The number of pyridine rings is 1. The summed E-state index contributed by atoms with van der Waals surface area (Å²) in [5.41, 5.74) is 1.16. The van der Waals surface area contributed by atoms with Gasteiger partial charge in [-0.2, -0.15) is 0 Å². The minimum absolute atomic E-state index is 0.0739. The summed E-state index contributed by atoms with van der Waals surface area (Å²) in [7, 11) is 1.75. The van der Waals surface area contributed by atoms with Crippen LogP contribution < -0.4 is 5.32 Å². The van der Waals surface area contributed by atoms with Gasteiger partial charge in [0.15, 0.2) is 0 Å². The van der Waals surface area contributed by atoms with Gasteiger partial charge >= 0.3 is 0 Å². The van der Waals surface area contributed by atoms with Crippen molar-refractivity contribution in [3.8, 4) is 0 Å². The Kier molecular flexibility index (Phi) is 4.95. The normalized spacial score (nSPS) is 12.5. The van der Waals surface area contributed by atoms with Gasteiger partial charge in [0.2, 0.25) is 0 Å². The molecule has 1 aromatic carbocycles. The summed E-state index contributed by atoms with van der Waals surface area (Å²) in [5.74, 6) is -0.451. The molecule has 0 saturated carbocycles. The maximum Gasteiger partial charge on any atom is 0.148 e. The minimum Gasteiger partial charge on any atom is -0.308 e. The molecule has 1 atom stereocenters. The zero-order valence-electron chi connectivity index (χ0n) is 9.92. The number of hydrogen-bond acceptors (Lipinski definition) is 2. The Balaban J connectivity index is 2.55. The number of rotatable bonds is 3. The molecule has 0 bridgehead atoms. The average Bonchev–Trinajstić information content (AvgIpc) is 2.41. The molecule has 0 amide bonds. The van der Waals surface area contributed by atoms with E-state index in [-0.39, 0.29) is 11.1 Å². The zero-order chi connectivity index (χ0) is 14.0. The molecule has 2 nitrogen and oxygen atoms in total. The van der Waals surface area contributed by atoms with Crippen LogP contribution in [0, 0.1) is 5.82 Å². The van der Waals surface area contributed by atoms with Crippen molar-refractivity contribution in [2.24, 2.45) is 0 Å². The van der Waals surface area contributed by atoms with Crippen LogP contribution in [0.3, 0.4) is 0 Å². The number of benzene rings is 1. The molecule has 0 radical (unpaired) electrons. The lowest BCUT2D eigenvalue weighted by atomic mass is 10.0. The molecule has 19 heavy (non-hydrogen) atoms. The molecule has 0 aliphatic rings. The topological polar surface area (TPSA) is 24.9 Å². The maximum atomic E-state index is 14.3. The van der Waals surface area contributed by atoms with Gasteiger partial charge in [-0.25, -0.2) is 4.39 Å². The summed E-state index contributed by atoms with van der Waals surface area (Å²) in [6, 6.07) is 6.72. The highest BCUT2D eigenvalue weighted by Gasteiger charge is 2.22. The first-order valence-corrected chi connectivity index (χ1v) is 7.43. The molecule has 6 heteroatoms. The molecule has 1 unspecified atom stereocenters. The maximum absolute atomic E-state index is 14.3. The van der Waals surface area contributed by atoms with E-state index in [4.69, 9.17) is 11.6 Å². The van der Waals surface area contributed by atoms with Crippen LogP contribution in [0.15, 0.2) is 39.4 Å². The predicted molar refractivity (Wildman–Crippen MR) is 81.9 cm³/mol. The summed E-state index contributed by atoms with van der Waals surface area (Å²) in [6.45, 7) is 0. The van der Waals surface area contributed by atoms with Crippen molar-refractivity contribution in [3.05, 3.63) is 61.5 Å². The Bertz CT molecular complexity index is 607. The van der Waals surface area contributed by atoms with Crippen LogP contribution in [-0.4, -0.2) is 12.0 Å². The molecular formula is C13H10Br2ClFN2. The Hall–Kier alpha value is -0.490. The molecular weight excluding hydrogens is 398 g/mol. The highest BCUT2D eigenvalue weighted by atomic mass is 79.9. The van der Waals surface area contributed by atoms with E-state index in [2.05, 4.69) is 42.2 Å². The van der Waals surface area contributed by atoms with E-state index in [0.717, 1.165) is 4.47 Å². The number of halogens is 4. The van der Waals surface area contributed by atoms with Gasteiger partial charge in [0.05, 0.1) is 16.8 Å². The van der Waals surface area contributed by atoms with E-state index < -0.39 is 5.82 Å². The van der Waals surface area contributed by atoms with Crippen molar-refractivity contribution in [1.29, 1.82) is 0 Å². The van der Waals surface area contributed by atoms with Crippen LogP contribution >= 0.6 is 43.5 Å². The third kappa shape index (κ3) is 2.99. The van der Waals surface area contributed by atoms with Gasteiger partial charge in [-0.1, -0.05) is 17.7 Å². The van der Waals surface area contributed by atoms with Crippen molar-refractivity contribution >= 4 is 43.5 Å². The fourth-order valence-electron chi connectivity index (χ4n) is 1.81. The lowest BCUT2D eigenvalue weighted by Gasteiger charge is -2.19. The van der Waals surface area contributed by atoms with Crippen molar-refractivity contribution in [1.82, 2.24) is 10.3 Å². The summed E-state index contributed by atoms with van der Waals surface area (Å²) in [5, 5.41) is 3.13. The first kappa shape index (κ1) is 14.9. The van der Waals surface area contributed by atoms with E-state index in [1.807, 2.05) is 12.1 Å². The first-order chi connectivity index (χ1) is 9.06. The smallest absolute Gasteiger partial charge is 0.148 e. The average molecular weight is 408 g/mol. The standard InChI is InChI=1S/C13H10Br2ClFN2/c1-18-12(13-9(15)3-2-6-19-13)7-4-5-8(14)10(16)11(7)17/h2-6,12,18H,1H3. The Morgan fingerprint density at radius 1 is 1.26 bits per heavy atom. The first-order valence-electron chi connectivity index (χ1n) is 5.47. The van der Waals surface area contributed by atoms with E-state index in [1.54, 1.807) is 25.4 Å². The number of nitrogens with one attached hydrogen (secondary N) is 1. The van der Waals surface area contributed by atoms with Gasteiger partial charge in [-0.3, -0.25) is 4.98 Å². The van der Waals surface area contributed by atoms with Gasteiger partial charge in [-0.15, -0.1) is 0 Å². The Morgan fingerprint density at radius 3 is 2.63 bits per heavy atom. The molecule has 1 N–H and O–H groups in total. The monoisotopic (exact) mass is 406 g/mol. The minimum atomic E-state index is -0.451. The molecule has 0 saturated heterocycles. The molecule has 0 aliphatic carbocycles. The van der Waals surface area contributed by atoms with E-state index >= 15 is 0 Å². The van der Waals surface area contributed by atoms with Crippen LogP contribution in [0.5, 0.6) is 0 Å². The van der Waals surface area contributed by atoms with Crippen molar-refractivity contribution < 1.29 is 4.39 Å². The van der Waals surface area contributed by atoms with Crippen molar-refractivity contribution in [2.75, 3.05) is 7.05 Å². The molecule has 1 aromatic heterocycles. The fourth-order valence-corrected chi connectivity index (χ4v) is 2.78. The summed E-state index contributed by atoms with van der Waals surface area (Å²) in [6.07, 6.45) is 1.67. The molecule has 2 rings (SSSR count).